The standard InChI is InChI=1S/C22H23Cl2F3N6O3/c1-35-6-7-36-20-13(19(34)29-12-4-2-11(3-5-12)22(25,26)27)8-16-18(32-20)33-21(30-16)31-17-14(23)9-28-10-15(17)24/h8-12H,2-7H2,1H3,(H,29,34)(H2,28,30,31,32,33)/t11-,12-. The van der Waals surface area contributed by atoms with Gasteiger partial charge in [-0.25, -0.2) is 4.98 Å². The Morgan fingerprint density at radius 3 is 2.47 bits per heavy atom. The number of nitrogens with zero attached hydrogens (tertiary/aromatic N) is 3. The Kier molecular flexibility index (Phi) is 8.06. The molecule has 1 amide bonds. The number of carbonyl (C=O) groups is 1. The largest absolute Gasteiger partial charge is 0.475 e. The number of methoxy groups -OCH3 is 1. The number of hydrogen-bond acceptors (Lipinski definition) is 7. The van der Waals surface area contributed by atoms with Gasteiger partial charge in [0, 0.05) is 25.5 Å². The van der Waals surface area contributed by atoms with Gasteiger partial charge in [0.2, 0.25) is 11.8 Å². The van der Waals surface area contributed by atoms with Crippen molar-refractivity contribution in [2.24, 2.45) is 5.92 Å². The highest BCUT2D eigenvalue weighted by molar-refractivity contribution is 6.39. The molecule has 3 aromatic rings. The fourth-order valence-electron chi connectivity index (χ4n) is 3.95. The zero-order valence-corrected chi connectivity index (χ0v) is 20.6. The number of alkyl halides is 3. The monoisotopic (exact) mass is 546 g/mol. The minimum Gasteiger partial charge on any atom is -0.475 e. The van der Waals surface area contributed by atoms with Gasteiger partial charge in [-0.1, -0.05) is 23.2 Å². The van der Waals surface area contributed by atoms with Crippen molar-refractivity contribution in [2.45, 2.75) is 37.9 Å². The van der Waals surface area contributed by atoms with Gasteiger partial charge < -0.3 is 25.1 Å². The number of ether oxygens (including phenoxy) is 2. The number of carbonyl (C=O) groups excluding carboxylic acids is 1. The molecule has 1 saturated carbocycles. The number of rotatable bonds is 8. The molecule has 4 rings (SSSR count). The number of nitrogens with one attached hydrogen (secondary N) is 3. The predicted molar refractivity (Wildman–Crippen MR) is 128 cm³/mol. The van der Waals surface area contributed by atoms with Gasteiger partial charge >= 0.3 is 6.18 Å². The summed E-state index contributed by atoms with van der Waals surface area (Å²) in [6.45, 7) is 0.393. The molecule has 1 aliphatic rings. The van der Waals surface area contributed by atoms with Crippen LogP contribution in [0.2, 0.25) is 10.0 Å². The van der Waals surface area contributed by atoms with E-state index < -0.39 is 18.0 Å². The van der Waals surface area contributed by atoms with Crippen LogP contribution in [-0.2, 0) is 4.74 Å². The maximum atomic E-state index is 13.1. The third-order valence-electron chi connectivity index (χ3n) is 5.83. The lowest BCUT2D eigenvalue weighted by molar-refractivity contribution is -0.182. The Balaban J connectivity index is 1.56. The molecule has 0 atom stereocenters. The average molecular weight is 547 g/mol. The van der Waals surface area contributed by atoms with Crippen molar-refractivity contribution in [3.63, 3.8) is 0 Å². The molecule has 3 N–H and O–H groups in total. The number of pyridine rings is 2. The van der Waals surface area contributed by atoms with Gasteiger partial charge in [0.1, 0.15) is 17.7 Å². The van der Waals surface area contributed by atoms with Gasteiger partial charge in [-0.3, -0.25) is 9.78 Å². The van der Waals surface area contributed by atoms with E-state index in [-0.39, 0.29) is 72.4 Å². The number of fused-ring (bicyclic) bond motifs is 1. The molecule has 3 aromatic heterocycles. The lowest BCUT2D eigenvalue weighted by Crippen LogP contribution is -2.40. The number of imidazole rings is 1. The molecule has 3 heterocycles. The predicted octanol–water partition coefficient (Wildman–Crippen LogP) is 5.28. The average Bonchev–Trinajstić information content (AvgIpc) is 3.22. The van der Waals surface area contributed by atoms with Crippen LogP contribution in [0.15, 0.2) is 18.5 Å². The molecular formula is C22H23Cl2F3N6O3. The summed E-state index contributed by atoms with van der Waals surface area (Å²) in [6, 6.07) is 1.12. The molecule has 0 bridgehead atoms. The number of H-pyrrole nitrogens is 1. The number of halogens is 5. The molecule has 0 aromatic carbocycles. The van der Waals surface area contributed by atoms with E-state index in [9.17, 15) is 18.0 Å². The number of aromatic amines is 1. The molecule has 0 aliphatic heterocycles. The van der Waals surface area contributed by atoms with Gasteiger partial charge in [0.05, 0.1) is 28.3 Å². The summed E-state index contributed by atoms with van der Waals surface area (Å²) in [7, 11) is 1.51. The van der Waals surface area contributed by atoms with Gasteiger partial charge in [0.25, 0.3) is 5.91 Å². The van der Waals surface area contributed by atoms with Crippen molar-refractivity contribution in [1.29, 1.82) is 0 Å². The van der Waals surface area contributed by atoms with E-state index in [1.165, 1.54) is 25.6 Å². The number of amides is 1. The van der Waals surface area contributed by atoms with E-state index in [1.807, 2.05) is 0 Å². The van der Waals surface area contributed by atoms with Gasteiger partial charge in [-0.15, -0.1) is 0 Å². The second-order valence-corrected chi connectivity index (χ2v) is 9.12. The highest BCUT2D eigenvalue weighted by atomic mass is 35.5. The molecule has 0 unspecified atom stereocenters. The maximum Gasteiger partial charge on any atom is 0.391 e. The van der Waals surface area contributed by atoms with E-state index in [0.717, 1.165) is 0 Å². The minimum absolute atomic E-state index is 0.0303. The van der Waals surface area contributed by atoms with Crippen molar-refractivity contribution >= 4 is 51.9 Å². The molecule has 9 nitrogen and oxygen atoms in total. The Morgan fingerprint density at radius 2 is 1.83 bits per heavy atom. The number of anilines is 2. The van der Waals surface area contributed by atoms with E-state index in [1.54, 1.807) is 0 Å². The fraction of sp³-hybridized carbons (Fsp3) is 0.455. The van der Waals surface area contributed by atoms with Gasteiger partial charge in [-0.2, -0.15) is 18.2 Å². The van der Waals surface area contributed by atoms with Crippen molar-refractivity contribution in [3.05, 3.63) is 34.1 Å². The van der Waals surface area contributed by atoms with Crippen LogP contribution in [0.3, 0.4) is 0 Å². The van der Waals surface area contributed by atoms with Crippen molar-refractivity contribution < 1.29 is 27.4 Å². The maximum absolute atomic E-state index is 13.1. The molecule has 1 fully saturated rings. The SMILES string of the molecule is COCCOc1nc2[nH]c(Nc3c(Cl)cncc3Cl)nc2cc1C(=O)N[C@H]1CC[C@H](C(F)(F)F)CC1. The topological polar surface area (TPSA) is 114 Å². The van der Waals surface area contributed by atoms with Crippen LogP contribution in [0.5, 0.6) is 5.88 Å². The summed E-state index contributed by atoms with van der Waals surface area (Å²) in [5, 5.41) is 6.33. The Hall–Kier alpha value is -2.83. The van der Waals surface area contributed by atoms with Crippen LogP contribution in [0, 0.1) is 5.92 Å². The quantitative estimate of drug-likeness (QED) is 0.329. The number of aromatic nitrogens is 4. The first-order chi connectivity index (χ1) is 17.2. The Bertz CT molecular complexity index is 1210. The van der Waals surface area contributed by atoms with Crippen LogP contribution < -0.4 is 15.4 Å². The first kappa shape index (κ1) is 26.2. The highest BCUT2D eigenvalue weighted by Gasteiger charge is 2.41. The minimum atomic E-state index is -4.22. The lowest BCUT2D eigenvalue weighted by Gasteiger charge is -2.30. The Labute approximate surface area is 214 Å². The molecule has 194 valence electrons. The van der Waals surface area contributed by atoms with Crippen LogP contribution in [-0.4, -0.2) is 58.4 Å². The highest BCUT2D eigenvalue weighted by Crippen LogP contribution is 2.38. The van der Waals surface area contributed by atoms with Crippen molar-refractivity contribution in [2.75, 3.05) is 25.6 Å². The molecule has 0 spiro atoms. The molecule has 36 heavy (non-hydrogen) atoms. The zero-order chi connectivity index (χ0) is 25.9. The van der Waals surface area contributed by atoms with E-state index in [4.69, 9.17) is 32.7 Å². The third-order valence-corrected chi connectivity index (χ3v) is 6.40. The molecule has 14 heteroatoms. The van der Waals surface area contributed by atoms with Crippen LogP contribution >= 0.6 is 23.2 Å². The van der Waals surface area contributed by atoms with Gasteiger partial charge in [-0.05, 0) is 31.7 Å². The summed E-state index contributed by atoms with van der Waals surface area (Å²) in [5.41, 5.74) is 1.17. The summed E-state index contributed by atoms with van der Waals surface area (Å²) in [4.78, 5) is 28.8. The lowest BCUT2D eigenvalue weighted by atomic mass is 9.85. The van der Waals surface area contributed by atoms with Crippen molar-refractivity contribution in [1.82, 2.24) is 25.3 Å². The molecule has 1 aliphatic carbocycles. The second-order valence-electron chi connectivity index (χ2n) is 8.30. The zero-order valence-electron chi connectivity index (χ0n) is 19.1. The summed E-state index contributed by atoms with van der Waals surface area (Å²) in [6.07, 6.45) is -0.978. The first-order valence-corrected chi connectivity index (χ1v) is 11.9. The Morgan fingerprint density at radius 1 is 1.14 bits per heavy atom. The molecule has 0 radical (unpaired) electrons. The van der Waals surface area contributed by atoms with Gasteiger partial charge in [0.15, 0.2) is 5.65 Å². The second kappa shape index (κ2) is 11.1. The summed E-state index contributed by atoms with van der Waals surface area (Å²) in [5.74, 6) is -1.55. The van der Waals surface area contributed by atoms with E-state index >= 15 is 0 Å². The third kappa shape index (κ3) is 6.11. The smallest absolute Gasteiger partial charge is 0.391 e. The number of hydrogen-bond donors (Lipinski definition) is 3. The summed E-state index contributed by atoms with van der Waals surface area (Å²) < 4.78 is 49.6. The van der Waals surface area contributed by atoms with Crippen LogP contribution in [0.1, 0.15) is 36.0 Å². The van der Waals surface area contributed by atoms with Crippen LogP contribution in [0.25, 0.3) is 11.2 Å². The first-order valence-electron chi connectivity index (χ1n) is 11.1. The van der Waals surface area contributed by atoms with E-state index in [0.29, 0.717) is 16.9 Å². The summed E-state index contributed by atoms with van der Waals surface area (Å²) >= 11 is 12.3. The van der Waals surface area contributed by atoms with Crippen LogP contribution in [0.4, 0.5) is 24.8 Å². The fourth-order valence-corrected chi connectivity index (χ4v) is 4.41. The van der Waals surface area contributed by atoms with Crippen molar-refractivity contribution in [3.8, 4) is 5.88 Å². The molecular weight excluding hydrogens is 524 g/mol. The normalized spacial score (nSPS) is 18.3. The molecule has 0 saturated heterocycles. The van der Waals surface area contributed by atoms with E-state index in [2.05, 4.69) is 30.6 Å².